The first-order valence-electron chi connectivity index (χ1n) is 2.17. The van der Waals surface area contributed by atoms with Gasteiger partial charge in [-0.25, -0.2) is 0 Å². The van der Waals surface area contributed by atoms with Crippen molar-refractivity contribution in [2.75, 3.05) is 0 Å². The van der Waals surface area contributed by atoms with Crippen molar-refractivity contribution >= 4 is 33.7 Å². The minimum absolute atomic E-state index is 0.204. The second-order valence-electron chi connectivity index (χ2n) is 1.47. The van der Waals surface area contributed by atoms with Gasteiger partial charge in [0.15, 0.2) is 0 Å². The first-order chi connectivity index (χ1) is 4.04. The zero-order valence-electron chi connectivity index (χ0n) is 4.43. The van der Waals surface area contributed by atoms with E-state index in [1.807, 2.05) is 0 Å². The van der Waals surface area contributed by atoms with E-state index in [2.05, 4.69) is 0 Å². The zero-order chi connectivity index (χ0) is 7.44. The van der Waals surface area contributed by atoms with Crippen molar-refractivity contribution < 1.29 is 9.59 Å². The molecule has 0 unspecified atom stereocenters. The summed E-state index contributed by atoms with van der Waals surface area (Å²) in [6.45, 7) is 0. The average Bonchev–Trinajstić information content (AvgIpc) is 1.63. The van der Waals surface area contributed by atoms with Crippen LogP contribution in [0, 0.1) is 0 Å². The van der Waals surface area contributed by atoms with Crippen LogP contribution in [0.5, 0.6) is 0 Å². The zero-order valence-corrected chi connectivity index (χ0v) is 5.95. The molecular formula is C4H5Cl2NO2. The molecule has 0 aliphatic rings. The molecular weight excluding hydrogens is 165 g/mol. The van der Waals surface area contributed by atoms with Crippen molar-refractivity contribution in [2.45, 2.75) is 12.5 Å². The van der Waals surface area contributed by atoms with E-state index in [0.29, 0.717) is 0 Å². The Bertz CT molecular complexity index is 137. The van der Waals surface area contributed by atoms with E-state index in [1.165, 1.54) is 0 Å². The molecule has 0 aliphatic carbocycles. The van der Waals surface area contributed by atoms with Crippen LogP contribution in [0.3, 0.4) is 0 Å². The molecule has 3 nitrogen and oxygen atoms in total. The van der Waals surface area contributed by atoms with Crippen molar-refractivity contribution in [3.8, 4) is 0 Å². The third-order valence-corrected chi connectivity index (χ3v) is 1.11. The van der Waals surface area contributed by atoms with Gasteiger partial charge in [0.1, 0.15) is 0 Å². The lowest BCUT2D eigenvalue weighted by atomic mass is 10.3. The summed E-state index contributed by atoms with van der Waals surface area (Å²) in [5.41, 5.74) is 5.03. The molecule has 0 spiro atoms. The maximum absolute atomic E-state index is 10.1. The fourth-order valence-electron chi connectivity index (χ4n) is 0.253. The number of halogens is 2. The van der Waals surface area contributed by atoms with Crippen LogP contribution in [-0.2, 0) is 9.59 Å². The summed E-state index contributed by atoms with van der Waals surface area (Å²) in [7, 11) is 0. The van der Waals surface area contributed by atoms with Gasteiger partial charge < -0.3 is 5.73 Å². The molecule has 0 aromatic carbocycles. The number of carbonyl (C=O) groups is 2. The van der Waals surface area contributed by atoms with Gasteiger partial charge >= 0.3 is 0 Å². The smallest absolute Gasteiger partial charge is 0.238 e. The molecule has 0 bridgehead atoms. The molecule has 0 saturated carbocycles. The highest BCUT2D eigenvalue weighted by atomic mass is 35.5. The lowest BCUT2D eigenvalue weighted by Crippen LogP contribution is -2.28. The molecule has 0 amide bonds. The number of carbonyl (C=O) groups excluding carboxylic acids is 2. The van der Waals surface area contributed by atoms with E-state index in [0.717, 1.165) is 0 Å². The van der Waals surface area contributed by atoms with Crippen molar-refractivity contribution in [1.29, 1.82) is 0 Å². The molecule has 1 atom stereocenters. The first-order valence-corrected chi connectivity index (χ1v) is 2.93. The van der Waals surface area contributed by atoms with Gasteiger partial charge in [-0.05, 0) is 23.2 Å². The van der Waals surface area contributed by atoms with E-state index < -0.39 is 16.5 Å². The number of hydrogen-bond donors (Lipinski definition) is 1. The molecule has 0 saturated heterocycles. The quantitative estimate of drug-likeness (QED) is 0.617. The molecule has 0 rings (SSSR count). The summed E-state index contributed by atoms with van der Waals surface area (Å²) >= 11 is 9.78. The third kappa shape index (κ3) is 4.39. The number of nitrogens with two attached hydrogens (primary N) is 1. The Morgan fingerprint density at radius 1 is 1.44 bits per heavy atom. The summed E-state index contributed by atoms with van der Waals surface area (Å²) < 4.78 is 0. The second-order valence-corrected chi connectivity index (χ2v) is 2.26. The Morgan fingerprint density at radius 2 is 1.89 bits per heavy atom. The molecule has 52 valence electrons. The highest BCUT2D eigenvalue weighted by Gasteiger charge is 2.12. The minimum Gasteiger partial charge on any atom is -0.320 e. The van der Waals surface area contributed by atoms with Gasteiger partial charge in [0.25, 0.3) is 0 Å². The van der Waals surface area contributed by atoms with Crippen LogP contribution < -0.4 is 5.73 Å². The van der Waals surface area contributed by atoms with Gasteiger partial charge in [0, 0.05) is 6.42 Å². The van der Waals surface area contributed by atoms with Gasteiger partial charge in [-0.2, -0.15) is 0 Å². The molecule has 5 heteroatoms. The Kier molecular flexibility index (Phi) is 3.77. The fraction of sp³-hybridized carbons (Fsp3) is 0.500. The Labute approximate surface area is 62.1 Å². The molecule has 0 aromatic heterocycles. The average molecular weight is 170 g/mol. The molecule has 0 radical (unpaired) electrons. The van der Waals surface area contributed by atoms with Crippen LogP contribution in [0.15, 0.2) is 0 Å². The SMILES string of the molecule is N[C@H](CC(=O)Cl)C(=O)Cl. The monoisotopic (exact) mass is 169 g/mol. The largest absolute Gasteiger partial charge is 0.320 e. The Morgan fingerprint density at radius 3 is 2.00 bits per heavy atom. The predicted octanol–water partition coefficient (Wildman–Crippen LogP) is 0.235. The fourth-order valence-corrected chi connectivity index (χ4v) is 0.497. The highest BCUT2D eigenvalue weighted by molar-refractivity contribution is 6.67. The lowest BCUT2D eigenvalue weighted by molar-refractivity contribution is -0.117. The van der Waals surface area contributed by atoms with Crippen LogP contribution in [0.2, 0.25) is 0 Å². The van der Waals surface area contributed by atoms with Gasteiger partial charge in [-0.3, -0.25) is 9.59 Å². The van der Waals surface area contributed by atoms with Gasteiger partial charge in [-0.1, -0.05) is 0 Å². The van der Waals surface area contributed by atoms with Crippen LogP contribution in [0.1, 0.15) is 6.42 Å². The van der Waals surface area contributed by atoms with Crippen molar-refractivity contribution in [3.05, 3.63) is 0 Å². The minimum atomic E-state index is -0.961. The lowest BCUT2D eigenvalue weighted by Gasteiger charge is -1.98. The molecule has 0 heterocycles. The molecule has 0 aliphatic heterocycles. The summed E-state index contributed by atoms with van der Waals surface area (Å²) in [5, 5.41) is -1.40. The molecule has 9 heavy (non-hydrogen) atoms. The van der Waals surface area contributed by atoms with E-state index in [4.69, 9.17) is 28.9 Å². The molecule has 0 aromatic rings. The van der Waals surface area contributed by atoms with E-state index >= 15 is 0 Å². The van der Waals surface area contributed by atoms with Crippen LogP contribution in [-0.4, -0.2) is 16.5 Å². The van der Waals surface area contributed by atoms with E-state index in [-0.39, 0.29) is 6.42 Å². The standard InChI is InChI=1S/C4H5Cl2NO2/c5-3(8)1-2(7)4(6)9/h2H,1,7H2/t2-/m1/s1. The Hall–Kier alpha value is -0.120. The van der Waals surface area contributed by atoms with Crippen LogP contribution in [0.25, 0.3) is 0 Å². The first kappa shape index (κ1) is 8.88. The van der Waals surface area contributed by atoms with Crippen molar-refractivity contribution in [3.63, 3.8) is 0 Å². The number of hydrogen-bond acceptors (Lipinski definition) is 3. The van der Waals surface area contributed by atoms with Crippen molar-refractivity contribution in [1.82, 2.24) is 0 Å². The van der Waals surface area contributed by atoms with Crippen molar-refractivity contribution in [2.24, 2.45) is 5.73 Å². The summed E-state index contributed by atoms with van der Waals surface area (Å²) in [6.07, 6.45) is -0.204. The summed E-state index contributed by atoms with van der Waals surface area (Å²) in [4.78, 5) is 20.1. The van der Waals surface area contributed by atoms with Gasteiger partial charge in [0.05, 0.1) is 6.04 Å². The van der Waals surface area contributed by atoms with Crippen LogP contribution in [0.4, 0.5) is 0 Å². The Balaban J connectivity index is 3.63. The van der Waals surface area contributed by atoms with E-state index in [9.17, 15) is 9.59 Å². The van der Waals surface area contributed by atoms with Gasteiger partial charge in [0.2, 0.25) is 10.5 Å². The highest BCUT2D eigenvalue weighted by Crippen LogP contribution is 1.96. The van der Waals surface area contributed by atoms with Crippen LogP contribution >= 0.6 is 23.2 Å². The second kappa shape index (κ2) is 3.82. The molecule has 2 N–H and O–H groups in total. The summed E-state index contributed by atoms with van der Waals surface area (Å²) in [6, 6.07) is -0.961. The topological polar surface area (TPSA) is 60.2 Å². The predicted molar refractivity (Wildman–Crippen MR) is 34.3 cm³/mol. The van der Waals surface area contributed by atoms with Gasteiger partial charge in [-0.15, -0.1) is 0 Å². The van der Waals surface area contributed by atoms with E-state index in [1.54, 1.807) is 0 Å². The third-order valence-electron chi connectivity index (χ3n) is 0.672. The number of rotatable bonds is 3. The normalized spacial score (nSPS) is 12.8. The summed E-state index contributed by atoms with van der Waals surface area (Å²) in [5.74, 6) is 0. The maximum atomic E-state index is 10.1. The maximum Gasteiger partial charge on any atom is 0.238 e. The molecule has 0 fully saturated rings.